The third-order valence-corrected chi connectivity index (χ3v) is 4.81. The molecule has 1 aliphatic heterocycles. The Morgan fingerprint density at radius 1 is 1.17 bits per heavy atom. The predicted molar refractivity (Wildman–Crippen MR) is 110 cm³/mol. The first kappa shape index (κ1) is 19.1. The average molecular weight is 392 g/mol. The van der Waals surface area contributed by atoms with Gasteiger partial charge in [0.2, 0.25) is 0 Å². The Labute approximate surface area is 168 Å². The number of nitrogens with one attached hydrogen (secondary N) is 2. The summed E-state index contributed by atoms with van der Waals surface area (Å²) in [6.07, 6.45) is 3.17. The number of morpholine rings is 1. The van der Waals surface area contributed by atoms with Crippen LogP contribution in [0.15, 0.2) is 42.7 Å². The molecule has 0 radical (unpaired) electrons. The second-order valence-electron chi connectivity index (χ2n) is 6.76. The predicted octanol–water partition coefficient (Wildman–Crippen LogP) is 3.13. The maximum absolute atomic E-state index is 13.6. The van der Waals surface area contributed by atoms with Gasteiger partial charge in [-0.3, -0.25) is 9.88 Å². The summed E-state index contributed by atoms with van der Waals surface area (Å²) in [7, 11) is 0. The van der Waals surface area contributed by atoms with Gasteiger partial charge in [-0.25, -0.2) is 9.37 Å². The number of ether oxygens (including phenoxy) is 1. The Morgan fingerprint density at radius 3 is 2.83 bits per heavy atom. The summed E-state index contributed by atoms with van der Waals surface area (Å²) in [4.78, 5) is 11.1. The quantitative estimate of drug-likeness (QED) is 0.666. The number of anilines is 3. The molecule has 1 fully saturated rings. The van der Waals surface area contributed by atoms with E-state index in [1.165, 1.54) is 18.3 Å². The topological polar surface area (TPSA) is 86.1 Å². The summed E-state index contributed by atoms with van der Waals surface area (Å²) in [5, 5.41) is 16.8. The van der Waals surface area contributed by atoms with Crippen LogP contribution in [0.4, 0.5) is 21.6 Å². The first-order valence-electron chi connectivity index (χ1n) is 9.48. The van der Waals surface area contributed by atoms with Gasteiger partial charge in [0.1, 0.15) is 17.7 Å². The van der Waals surface area contributed by atoms with Gasteiger partial charge in [0.05, 0.1) is 36.2 Å². The van der Waals surface area contributed by atoms with E-state index in [1.54, 1.807) is 18.3 Å². The number of nitriles is 1. The van der Waals surface area contributed by atoms with Gasteiger partial charge < -0.3 is 15.4 Å². The number of halogens is 1. The highest BCUT2D eigenvalue weighted by Crippen LogP contribution is 2.30. The molecule has 0 unspecified atom stereocenters. The van der Waals surface area contributed by atoms with Crippen molar-refractivity contribution in [2.45, 2.75) is 0 Å². The van der Waals surface area contributed by atoms with Crippen LogP contribution in [-0.4, -0.2) is 54.3 Å². The molecule has 1 aliphatic rings. The van der Waals surface area contributed by atoms with Gasteiger partial charge >= 0.3 is 0 Å². The van der Waals surface area contributed by atoms with Crippen LogP contribution >= 0.6 is 0 Å². The third kappa shape index (κ3) is 4.59. The molecule has 3 aromatic rings. The van der Waals surface area contributed by atoms with Crippen LogP contribution in [0, 0.1) is 17.1 Å². The SMILES string of the molecule is N#Cc1cnc2cnc(NCCN3CCOCC3)cc2c1Nc1cccc(F)c1. The zero-order valence-electron chi connectivity index (χ0n) is 15.9. The number of hydrogen-bond acceptors (Lipinski definition) is 7. The third-order valence-electron chi connectivity index (χ3n) is 4.81. The monoisotopic (exact) mass is 392 g/mol. The highest BCUT2D eigenvalue weighted by molar-refractivity contribution is 5.96. The highest BCUT2D eigenvalue weighted by Gasteiger charge is 2.12. The standard InChI is InChI=1S/C21H21FN6O/c22-16-2-1-3-17(10-16)27-21-15(12-23)13-25-19-14-26-20(11-18(19)21)24-4-5-28-6-8-29-9-7-28/h1-3,10-11,13-14H,4-9H2,(H,24,26)(H,25,27). The molecule has 2 N–H and O–H groups in total. The molecule has 1 saturated heterocycles. The van der Waals surface area contributed by atoms with Crippen LogP contribution in [-0.2, 0) is 4.74 Å². The molecule has 3 heterocycles. The van der Waals surface area contributed by atoms with Crippen molar-refractivity contribution in [3.05, 3.63) is 54.1 Å². The molecule has 7 nitrogen and oxygen atoms in total. The molecule has 0 atom stereocenters. The zero-order chi connectivity index (χ0) is 20.1. The summed E-state index contributed by atoms with van der Waals surface area (Å²) in [5.74, 6) is 0.351. The maximum atomic E-state index is 13.6. The normalized spacial score (nSPS) is 14.5. The first-order chi connectivity index (χ1) is 14.2. The van der Waals surface area contributed by atoms with E-state index in [-0.39, 0.29) is 5.82 Å². The maximum Gasteiger partial charge on any atom is 0.126 e. The van der Waals surface area contributed by atoms with Gasteiger partial charge in [0.15, 0.2) is 0 Å². The van der Waals surface area contributed by atoms with Crippen molar-refractivity contribution in [2.75, 3.05) is 50.0 Å². The molecule has 1 aromatic carbocycles. The van der Waals surface area contributed by atoms with Crippen molar-refractivity contribution >= 4 is 28.1 Å². The Balaban J connectivity index is 1.57. The van der Waals surface area contributed by atoms with E-state index in [4.69, 9.17) is 4.74 Å². The van der Waals surface area contributed by atoms with Crippen molar-refractivity contribution < 1.29 is 9.13 Å². The molecule has 4 rings (SSSR count). The van der Waals surface area contributed by atoms with E-state index < -0.39 is 0 Å². The van der Waals surface area contributed by atoms with Crippen molar-refractivity contribution in [2.24, 2.45) is 0 Å². The van der Waals surface area contributed by atoms with Gasteiger partial charge in [-0.1, -0.05) is 6.07 Å². The largest absolute Gasteiger partial charge is 0.379 e. The fourth-order valence-electron chi connectivity index (χ4n) is 3.29. The molecular weight excluding hydrogens is 371 g/mol. The first-order valence-corrected chi connectivity index (χ1v) is 9.48. The molecule has 0 amide bonds. The summed E-state index contributed by atoms with van der Waals surface area (Å²) in [5.41, 5.74) is 2.18. The summed E-state index contributed by atoms with van der Waals surface area (Å²) in [6.45, 7) is 5.05. The lowest BCUT2D eigenvalue weighted by molar-refractivity contribution is 0.0398. The van der Waals surface area contributed by atoms with Gasteiger partial charge in [0.25, 0.3) is 0 Å². The van der Waals surface area contributed by atoms with E-state index in [0.29, 0.717) is 28.3 Å². The van der Waals surface area contributed by atoms with E-state index in [9.17, 15) is 9.65 Å². The molecule has 29 heavy (non-hydrogen) atoms. The van der Waals surface area contributed by atoms with Gasteiger partial charge in [-0.2, -0.15) is 5.26 Å². The summed E-state index contributed by atoms with van der Waals surface area (Å²) < 4.78 is 18.9. The molecule has 148 valence electrons. The lowest BCUT2D eigenvalue weighted by Gasteiger charge is -2.26. The highest BCUT2D eigenvalue weighted by atomic mass is 19.1. The van der Waals surface area contributed by atoms with Crippen LogP contribution in [0.2, 0.25) is 0 Å². The molecule has 2 aromatic heterocycles. The molecule has 0 aliphatic carbocycles. The number of fused-ring (bicyclic) bond motifs is 1. The minimum absolute atomic E-state index is 0.348. The van der Waals surface area contributed by atoms with E-state index in [2.05, 4.69) is 31.6 Å². The second kappa shape index (κ2) is 8.82. The minimum Gasteiger partial charge on any atom is -0.379 e. The Morgan fingerprint density at radius 2 is 2.03 bits per heavy atom. The number of aromatic nitrogens is 2. The number of pyridine rings is 2. The Kier molecular flexibility index (Phi) is 5.79. The van der Waals surface area contributed by atoms with Crippen LogP contribution < -0.4 is 10.6 Å². The summed E-state index contributed by atoms with van der Waals surface area (Å²) >= 11 is 0. The smallest absolute Gasteiger partial charge is 0.126 e. The molecular formula is C21H21FN6O. The van der Waals surface area contributed by atoms with Crippen molar-refractivity contribution in [1.29, 1.82) is 5.26 Å². The lowest BCUT2D eigenvalue weighted by Crippen LogP contribution is -2.39. The lowest BCUT2D eigenvalue weighted by atomic mass is 10.1. The van der Waals surface area contributed by atoms with Crippen LogP contribution in [0.5, 0.6) is 0 Å². The minimum atomic E-state index is -0.348. The van der Waals surface area contributed by atoms with Crippen molar-refractivity contribution in [1.82, 2.24) is 14.9 Å². The van der Waals surface area contributed by atoms with Crippen molar-refractivity contribution in [3.63, 3.8) is 0 Å². The fourth-order valence-corrected chi connectivity index (χ4v) is 3.29. The Hall–Kier alpha value is -3.28. The van der Waals surface area contributed by atoms with Crippen LogP contribution in [0.3, 0.4) is 0 Å². The molecule has 8 heteroatoms. The van der Waals surface area contributed by atoms with E-state index in [0.717, 1.165) is 44.8 Å². The molecule has 0 saturated carbocycles. The number of hydrogen-bond donors (Lipinski definition) is 2. The van der Waals surface area contributed by atoms with Crippen molar-refractivity contribution in [3.8, 4) is 6.07 Å². The zero-order valence-corrected chi connectivity index (χ0v) is 15.9. The Bertz CT molecular complexity index is 1050. The number of nitrogens with zero attached hydrogens (tertiary/aromatic N) is 4. The van der Waals surface area contributed by atoms with Gasteiger partial charge in [-0.15, -0.1) is 0 Å². The average Bonchev–Trinajstić information content (AvgIpc) is 2.75. The number of rotatable bonds is 6. The molecule has 0 bridgehead atoms. The van der Waals surface area contributed by atoms with Crippen LogP contribution in [0.1, 0.15) is 5.56 Å². The number of benzene rings is 1. The van der Waals surface area contributed by atoms with E-state index in [1.807, 2.05) is 6.07 Å². The summed E-state index contributed by atoms with van der Waals surface area (Å²) in [6, 6.07) is 10.1. The molecule has 0 spiro atoms. The fraction of sp³-hybridized carbons (Fsp3) is 0.286. The van der Waals surface area contributed by atoms with E-state index >= 15 is 0 Å². The second-order valence-corrected chi connectivity index (χ2v) is 6.76. The van der Waals surface area contributed by atoms with Crippen LogP contribution in [0.25, 0.3) is 10.9 Å². The van der Waals surface area contributed by atoms with Gasteiger partial charge in [-0.05, 0) is 24.3 Å². The van der Waals surface area contributed by atoms with Gasteiger partial charge in [0, 0.05) is 43.4 Å².